The Bertz CT molecular complexity index is 491. The summed E-state index contributed by atoms with van der Waals surface area (Å²) in [6.45, 7) is 1.21. The number of benzene rings is 2. The number of hydrogen-bond donors (Lipinski definition) is 0. The summed E-state index contributed by atoms with van der Waals surface area (Å²) in [5, 5.41) is 0. The first-order chi connectivity index (χ1) is 9.38. The van der Waals surface area contributed by atoms with Gasteiger partial charge < -0.3 is 9.47 Å². The molecule has 0 amide bonds. The van der Waals surface area contributed by atoms with Gasteiger partial charge in [-0.1, -0.05) is 18.2 Å². The summed E-state index contributed by atoms with van der Waals surface area (Å²) in [5.41, 5.74) is 0.653. The lowest BCUT2D eigenvalue weighted by Crippen LogP contribution is -2.04. The van der Waals surface area contributed by atoms with Gasteiger partial charge in [0.05, 0.1) is 13.2 Å². The number of carbonyl (C=O) groups is 1. The van der Waals surface area contributed by atoms with E-state index in [-0.39, 0.29) is 0 Å². The third kappa shape index (κ3) is 4.47. The van der Waals surface area contributed by atoms with Crippen molar-refractivity contribution in [2.24, 2.45) is 0 Å². The van der Waals surface area contributed by atoms with Crippen LogP contribution in [0.15, 0.2) is 54.6 Å². The summed E-state index contributed by atoms with van der Waals surface area (Å²) in [7, 11) is 0. The van der Waals surface area contributed by atoms with E-state index in [4.69, 9.17) is 9.47 Å². The molecule has 0 N–H and O–H groups in total. The van der Waals surface area contributed by atoms with E-state index in [1.807, 2.05) is 30.3 Å². The van der Waals surface area contributed by atoms with Gasteiger partial charge in [-0.15, -0.1) is 0 Å². The van der Waals surface area contributed by atoms with Gasteiger partial charge in [0.15, 0.2) is 0 Å². The van der Waals surface area contributed by atoms with Crippen LogP contribution in [0.3, 0.4) is 0 Å². The highest BCUT2D eigenvalue weighted by molar-refractivity contribution is 5.74. The summed E-state index contributed by atoms with van der Waals surface area (Å²) >= 11 is 0. The van der Waals surface area contributed by atoms with Crippen molar-refractivity contribution in [3.63, 3.8) is 0 Å². The minimum atomic E-state index is 0.591. The van der Waals surface area contributed by atoms with Crippen LogP contribution < -0.4 is 9.47 Å². The molecule has 0 atom stereocenters. The maximum Gasteiger partial charge on any atom is 0.150 e. The van der Waals surface area contributed by atoms with Gasteiger partial charge in [-0.25, -0.2) is 0 Å². The van der Waals surface area contributed by atoms with Crippen molar-refractivity contribution in [2.45, 2.75) is 6.42 Å². The van der Waals surface area contributed by atoms with Gasteiger partial charge in [0.2, 0.25) is 0 Å². The first-order valence-corrected chi connectivity index (χ1v) is 6.24. The van der Waals surface area contributed by atoms with Crippen molar-refractivity contribution < 1.29 is 14.3 Å². The van der Waals surface area contributed by atoms with E-state index in [9.17, 15) is 4.79 Å². The van der Waals surface area contributed by atoms with Gasteiger partial charge in [-0.05, 0) is 36.4 Å². The van der Waals surface area contributed by atoms with E-state index >= 15 is 0 Å². The van der Waals surface area contributed by atoms with Crippen LogP contribution in [-0.2, 0) is 0 Å². The van der Waals surface area contributed by atoms with Crippen LogP contribution in [0.2, 0.25) is 0 Å². The average Bonchev–Trinajstić information content (AvgIpc) is 2.49. The number of aldehydes is 1. The quantitative estimate of drug-likeness (QED) is 0.563. The number of ether oxygens (including phenoxy) is 2. The first kappa shape index (κ1) is 13.1. The fourth-order valence-corrected chi connectivity index (χ4v) is 1.60. The molecule has 3 heteroatoms. The Kier molecular flexibility index (Phi) is 4.99. The topological polar surface area (TPSA) is 35.5 Å². The maximum atomic E-state index is 10.5. The van der Waals surface area contributed by atoms with Crippen LogP contribution in [-0.4, -0.2) is 19.5 Å². The van der Waals surface area contributed by atoms with Crippen LogP contribution >= 0.6 is 0 Å². The summed E-state index contributed by atoms with van der Waals surface area (Å²) in [5.74, 6) is 1.64. The van der Waals surface area contributed by atoms with Gasteiger partial charge >= 0.3 is 0 Å². The zero-order valence-electron chi connectivity index (χ0n) is 10.6. The molecule has 0 aliphatic heterocycles. The zero-order chi connectivity index (χ0) is 13.3. The molecule has 2 aromatic carbocycles. The van der Waals surface area contributed by atoms with Crippen molar-refractivity contribution >= 4 is 6.29 Å². The normalized spacial score (nSPS) is 9.89. The molecule has 3 nitrogen and oxygen atoms in total. The molecule has 2 rings (SSSR count). The summed E-state index contributed by atoms with van der Waals surface area (Å²) in [4.78, 5) is 10.5. The Morgan fingerprint density at radius 1 is 0.789 bits per heavy atom. The predicted molar refractivity (Wildman–Crippen MR) is 73.9 cm³/mol. The number of carbonyl (C=O) groups excluding carboxylic acids is 1. The van der Waals surface area contributed by atoms with Crippen LogP contribution in [0.5, 0.6) is 11.5 Å². The lowest BCUT2D eigenvalue weighted by Gasteiger charge is -2.07. The average molecular weight is 256 g/mol. The molecule has 0 saturated heterocycles. The van der Waals surface area contributed by atoms with Crippen LogP contribution in [0.1, 0.15) is 16.8 Å². The molecular formula is C16H16O3. The molecule has 0 radical (unpaired) electrons. The van der Waals surface area contributed by atoms with Gasteiger partial charge in [0, 0.05) is 12.0 Å². The lowest BCUT2D eigenvalue weighted by atomic mass is 10.2. The van der Waals surface area contributed by atoms with Crippen molar-refractivity contribution in [3.8, 4) is 11.5 Å². The molecule has 0 saturated carbocycles. The molecule has 0 spiro atoms. The molecule has 0 aliphatic carbocycles. The monoisotopic (exact) mass is 256 g/mol. The molecule has 0 aromatic heterocycles. The predicted octanol–water partition coefficient (Wildman–Crippen LogP) is 3.35. The number of para-hydroxylation sites is 1. The highest BCUT2D eigenvalue weighted by atomic mass is 16.5. The molecule has 0 aliphatic rings. The number of hydrogen-bond acceptors (Lipinski definition) is 3. The van der Waals surface area contributed by atoms with E-state index in [1.54, 1.807) is 24.3 Å². The smallest absolute Gasteiger partial charge is 0.150 e. The minimum Gasteiger partial charge on any atom is -0.493 e. The molecule has 0 bridgehead atoms. The summed E-state index contributed by atoms with van der Waals surface area (Å²) in [6.07, 6.45) is 1.63. The Balaban J connectivity index is 1.65. The minimum absolute atomic E-state index is 0.591. The molecule has 98 valence electrons. The second-order valence-electron chi connectivity index (χ2n) is 4.05. The van der Waals surface area contributed by atoms with E-state index in [1.165, 1.54) is 0 Å². The van der Waals surface area contributed by atoms with Crippen molar-refractivity contribution in [1.82, 2.24) is 0 Å². The van der Waals surface area contributed by atoms with Crippen LogP contribution in [0.25, 0.3) is 0 Å². The van der Waals surface area contributed by atoms with E-state index in [0.29, 0.717) is 18.8 Å². The van der Waals surface area contributed by atoms with Crippen molar-refractivity contribution in [2.75, 3.05) is 13.2 Å². The fourth-order valence-electron chi connectivity index (χ4n) is 1.60. The van der Waals surface area contributed by atoms with Gasteiger partial charge in [-0.3, -0.25) is 4.79 Å². The molecule has 0 unspecified atom stereocenters. The standard InChI is InChI=1S/C16H16O3/c17-13-14-7-9-16(10-8-14)19-12-4-11-18-15-5-2-1-3-6-15/h1-3,5-10,13H,4,11-12H2. The molecule has 2 aromatic rings. The number of rotatable bonds is 7. The largest absolute Gasteiger partial charge is 0.493 e. The van der Waals surface area contributed by atoms with Crippen LogP contribution in [0.4, 0.5) is 0 Å². The highest BCUT2D eigenvalue weighted by Gasteiger charge is 1.96. The second kappa shape index (κ2) is 7.21. The molecule has 0 fully saturated rings. The Morgan fingerprint density at radius 3 is 1.95 bits per heavy atom. The maximum absolute atomic E-state index is 10.5. The molecular weight excluding hydrogens is 240 g/mol. The summed E-state index contributed by atoms with van der Waals surface area (Å²) < 4.78 is 11.1. The Labute approximate surface area is 112 Å². The van der Waals surface area contributed by atoms with E-state index < -0.39 is 0 Å². The first-order valence-electron chi connectivity index (χ1n) is 6.24. The van der Waals surface area contributed by atoms with E-state index in [2.05, 4.69) is 0 Å². The van der Waals surface area contributed by atoms with Gasteiger partial charge in [0.1, 0.15) is 17.8 Å². The van der Waals surface area contributed by atoms with E-state index in [0.717, 1.165) is 24.2 Å². The lowest BCUT2D eigenvalue weighted by molar-refractivity contribution is 0.112. The van der Waals surface area contributed by atoms with Gasteiger partial charge in [0.25, 0.3) is 0 Å². The zero-order valence-corrected chi connectivity index (χ0v) is 10.6. The Hall–Kier alpha value is -2.29. The highest BCUT2D eigenvalue weighted by Crippen LogP contribution is 2.12. The molecule has 0 heterocycles. The van der Waals surface area contributed by atoms with Crippen LogP contribution in [0, 0.1) is 0 Å². The van der Waals surface area contributed by atoms with Crippen molar-refractivity contribution in [1.29, 1.82) is 0 Å². The van der Waals surface area contributed by atoms with Crippen molar-refractivity contribution in [3.05, 3.63) is 60.2 Å². The fraction of sp³-hybridized carbons (Fsp3) is 0.188. The second-order valence-corrected chi connectivity index (χ2v) is 4.05. The molecule has 19 heavy (non-hydrogen) atoms. The third-order valence-corrected chi connectivity index (χ3v) is 2.59. The summed E-state index contributed by atoms with van der Waals surface area (Å²) in [6, 6.07) is 16.8. The van der Waals surface area contributed by atoms with Gasteiger partial charge in [-0.2, -0.15) is 0 Å². The Morgan fingerprint density at radius 2 is 1.37 bits per heavy atom. The SMILES string of the molecule is O=Cc1ccc(OCCCOc2ccccc2)cc1. The third-order valence-electron chi connectivity index (χ3n) is 2.59.